The molecule has 1 aliphatic heterocycles. The van der Waals surface area contributed by atoms with Gasteiger partial charge in [-0.15, -0.1) is 0 Å². The predicted octanol–water partition coefficient (Wildman–Crippen LogP) is 1.23. The summed E-state index contributed by atoms with van der Waals surface area (Å²) in [6.45, 7) is 9.26. The predicted molar refractivity (Wildman–Crippen MR) is 59.4 cm³/mol. The first-order chi connectivity index (χ1) is 6.70. The molecule has 0 spiro atoms. The lowest BCUT2D eigenvalue weighted by Crippen LogP contribution is -2.51. The van der Waals surface area contributed by atoms with Gasteiger partial charge in [0.2, 0.25) is 0 Å². The van der Waals surface area contributed by atoms with E-state index in [2.05, 4.69) is 18.7 Å². The van der Waals surface area contributed by atoms with Gasteiger partial charge in [-0.3, -0.25) is 0 Å². The lowest BCUT2D eigenvalue weighted by atomic mass is 9.99. The van der Waals surface area contributed by atoms with Gasteiger partial charge in [-0.25, -0.2) is 0 Å². The molecule has 0 radical (unpaired) electrons. The van der Waals surface area contributed by atoms with Crippen LogP contribution in [0.4, 0.5) is 0 Å². The second kappa shape index (κ2) is 5.69. The minimum absolute atomic E-state index is 0.0796. The van der Waals surface area contributed by atoms with E-state index in [1.54, 1.807) is 0 Å². The third-order valence-corrected chi connectivity index (χ3v) is 2.95. The van der Waals surface area contributed by atoms with E-state index in [0.717, 1.165) is 32.7 Å². The first-order valence-electron chi connectivity index (χ1n) is 5.79. The minimum Gasteiger partial charge on any atom is -0.379 e. The van der Waals surface area contributed by atoms with Gasteiger partial charge in [-0.05, 0) is 25.9 Å². The maximum Gasteiger partial charge on any atom is 0.0659 e. The van der Waals surface area contributed by atoms with Gasteiger partial charge in [-0.1, -0.05) is 20.3 Å². The van der Waals surface area contributed by atoms with Crippen molar-refractivity contribution in [1.29, 1.82) is 0 Å². The first kappa shape index (κ1) is 12.0. The van der Waals surface area contributed by atoms with Crippen molar-refractivity contribution in [3.63, 3.8) is 0 Å². The fourth-order valence-corrected chi connectivity index (χ4v) is 1.92. The van der Waals surface area contributed by atoms with Gasteiger partial charge in [0.15, 0.2) is 0 Å². The molecule has 0 aromatic heterocycles. The molecule has 0 bridgehead atoms. The van der Waals surface area contributed by atoms with Gasteiger partial charge in [0.05, 0.1) is 12.1 Å². The van der Waals surface area contributed by atoms with Crippen molar-refractivity contribution in [3.05, 3.63) is 0 Å². The van der Waals surface area contributed by atoms with Crippen LogP contribution in [0, 0.1) is 0 Å². The third-order valence-electron chi connectivity index (χ3n) is 2.95. The summed E-state index contributed by atoms with van der Waals surface area (Å²) in [5.74, 6) is 0. The molecule has 84 valence electrons. The molecule has 2 N–H and O–H groups in total. The average Bonchev–Trinajstić information content (AvgIpc) is 2.60. The van der Waals surface area contributed by atoms with E-state index in [1.807, 2.05) is 0 Å². The van der Waals surface area contributed by atoms with Gasteiger partial charge in [-0.2, -0.15) is 0 Å². The Hall–Kier alpha value is -0.120. The number of nitrogens with two attached hydrogens (primary N) is 1. The molecule has 0 aliphatic carbocycles. The summed E-state index contributed by atoms with van der Waals surface area (Å²) >= 11 is 0. The fraction of sp³-hybridized carbons (Fsp3) is 1.00. The summed E-state index contributed by atoms with van der Waals surface area (Å²) in [4.78, 5) is 2.44. The molecule has 1 atom stereocenters. The molecule has 0 aromatic carbocycles. The van der Waals surface area contributed by atoms with Crippen molar-refractivity contribution >= 4 is 0 Å². The van der Waals surface area contributed by atoms with Gasteiger partial charge >= 0.3 is 0 Å². The number of unbranched alkanes of at least 4 members (excludes halogenated alkanes) is 1. The Bertz CT molecular complexity index is 155. The molecule has 3 heteroatoms. The Morgan fingerprint density at radius 2 is 2.21 bits per heavy atom. The van der Waals surface area contributed by atoms with Crippen LogP contribution in [0.2, 0.25) is 0 Å². The number of ether oxygens (including phenoxy) is 1. The molecule has 1 fully saturated rings. The molecule has 1 rings (SSSR count). The summed E-state index contributed by atoms with van der Waals surface area (Å²) in [7, 11) is 0. The molecular weight excluding hydrogens is 176 g/mol. The van der Waals surface area contributed by atoms with Crippen molar-refractivity contribution in [2.45, 2.75) is 38.6 Å². The van der Waals surface area contributed by atoms with E-state index < -0.39 is 0 Å². The van der Waals surface area contributed by atoms with Gasteiger partial charge in [0.1, 0.15) is 0 Å². The Kier molecular flexibility index (Phi) is 4.85. The maximum atomic E-state index is 6.24. The quantitative estimate of drug-likeness (QED) is 0.701. The smallest absolute Gasteiger partial charge is 0.0659 e. The second-order valence-corrected chi connectivity index (χ2v) is 4.39. The molecule has 1 heterocycles. The molecular formula is C11H24N2O. The highest BCUT2D eigenvalue weighted by atomic mass is 16.5. The van der Waals surface area contributed by atoms with Crippen molar-refractivity contribution in [3.8, 4) is 0 Å². The normalized spacial score (nSPS) is 27.4. The monoisotopic (exact) mass is 200 g/mol. The zero-order valence-corrected chi connectivity index (χ0v) is 9.59. The summed E-state index contributed by atoms with van der Waals surface area (Å²) < 4.78 is 5.36. The van der Waals surface area contributed by atoms with Crippen LogP contribution in [0.25, 0.3) is 0 Å². The SMILES string of the molecule is CCCCN(CC)CC1(N)CCOC1. The minimum atomic E-state index is -0.0796. The largest absolute Gasteiger partial charge is 0.379 e. The molecule has 1 aliphatic rings. The molecule has 0 aromatic rings. The highest BCUT2D eigenvalue weighted by Crippen LogP contribution is 2.17. The van der Waals surface area contributed by atoms with Crippen LogP contribution in [0.3, 0.4) is 0 Å². The van der Waals surface area contributed by atoms with E-state index in [0.29, 0.717) is 0 Å². The van der Waals surface area contributed by atoms with Gasteiger partial charge < -0.3 is 15.4 Å². The average molecular weight is 200 g/mol. The van der Waals surface area contributed by atoms with Crippen LogP contribution in [0.15, 0.2) is 0 Å². The molecule has 1 saturated heterocycles. The van der Waals surface area contributed by atoms with Crippen LogP contribution in [0.1, 0.15) is 33.1 Å². The Labute approximate surface area is 87.6 Å². The highest BCUT2D eigenvalue weighted by Gasteiger charge is 2.31. The van der Waals surface area contributed by atoms with E-state index in [1.165, 1.54) is 19.4 Å². The maximum absolute atomic E-state index is 6.24. The fourth-order valence-electron chi connectivity index (χ4n) is 1.92. The lowest BCUT2D eigenvalue weighted by Gasteiger charge is -2.30. The van der Waals surface area contributed by atoms with Gasteiger partial charge in [0, 0.05) is 13.2 Å². The molecule has 1 unspecified atom stereocenters. The van der Waals surface area contributed by atoms with Crippen LogP contribution < -0.4 is 5.73 Å². The van der Waals surface area contributed by atoms with E-state index in [4.69, 9.17) is 10.5 Å². The Morgan fingerprint density at radius 3 is 2.71 bits per heavy atom. The van der Waals surface area contributed by atoms with E-state index >= 15 is 0 Å². The zero-order chi connectivity index (χ0) is 10.4. The molecule has 0 saturated carbocycles. The highest BCUT2D eigenvalue weighted by molar-refractivity contribution is 4.90. The summed E-state index contributed by atoms with van der Waals surface area (Å²) in [5, 5.41) is 0. The lowest BCUT2D eigenvalue weighted by molar-refractivity contribution is 0.154. The van der Waals surface area contributed by atoms with Gasteiger partial charge in [0.25, 0.3) is 0 Å². The number of hydrogen-bond donors (Lipinski definition) is 1. The van der Waals surface area contributed by atoms with Crippen molar-refractivity contribution in [2.24, 2.45) is 5.73 Å². The first-order valence-corrected chi connectivity index (χ1v) is 5.79. The van der Waals surface area contributed by atoms with Crippen LogP contribution >= 0.6 is 0 Å². The standard InChI is InChI=1S/C11H24N2O/c1-3-5-7-13(4-2)9-11(12)6-8-14-10-11/h3-10,12H2,1-2H3. The summed E-state index contributed by atoms with van der Waals surface area (Å²) in [6.07, 6.45) is 3.53. The van der Waals surface area contributed by atoms with Crippen molar-refractivity contribution in [2.75, 3.05) is 32.8 Å². The Morgan fingerprint density at radius 1 is 1.43 bits per heavy atom. The topological polar surface area (TPSA) is 38.5 Å². The van der Waals surface area contributed by atoms with Crippen LogP contribution in [0.5, 0.6) is 0 Å². The molecule has 3 nitrogen and oxygen atoms in total. The van der Waals surface area contributed by atoms with Crippen LogP contribution in [-0.2, 0) is 4.74 Å². The van der Waals surface area contributed by atoms with E-state index in [-0.39, 0.29) is 5.54 Å². The molecule has 14 heavy (non-hydrogen) atoms. The van der Waals surface area contributed by atoms with Crippen molar-refractivity contribution < 1.29 is 4.74 Å². The number of rotatable bonds is 6. The van der Waals surface area contributed by atoms with E-state index in [9.17, 15) is 0 Å². The zero-order valence-electron chi connectivity index (χ0n) is 9.59. The third kappa shape index (κ3) is 3.56. The van der Waals surface area contributed by atoms with Crippen molar-refractivity contribution in [1.82, 2.24) is 4.90 Å². The molecule has 0 amide bonds. The second-order valence-electron chi connectivity index (χ2n) is 4.39. The number of nitrogens with zero attached hydrogens (tertiary/aromatic N) is 1. The summed E-state index contributed by atoms with van der Waals surface area (Å²) in [5.41, 5.74) is 6.16. The Balaban J connectivity index is 2.30. The summed E-state index contributed by atoms with van der Waals surface area (Å²) in [6, 6.07) is 0. The van der Waals surface area contributed by atoms with Crippen LogP contribution in [-0.4, -0.2) is 43.3 Å². The number of likely N-dealkylation sites (N-methyl/N-ethyl adjacent to an activating group) is 1. The number of hydrogen-bond acceptors (Lipinski definition) is 3.